The summed E-state index contributed by atoms with van der Waals surface area (Å²) in [6.45, 7) is 29.3. The second-order valence-corrected chi connectivity index (χ2v) is 28.9. The Bertz CT molecular complexity index is 2930. The average Bonchev–Trinajstić information content (AvgIpc) is 1.53. The summed E-state index contributed by atoms with van der Waals surface area (Å²) in [5.74, 6) is -10.7. The van der Waals surface area contributed by atoms with Gasteiger partial charge in [0.15, 0.2) is 17.3 Å². The fourth-order valence-corrected chi connectivity index (χ4v) is 13.0. The number of esters is 1. The molecule has 4 rings (SSSR count). The first-order valence-electron chi connectivity index (χ1n) is 29.3. The molecule has 0 saturated carbocycles. The summed E-state index contributed by atoms with van der Waals surface area (Å²) in [4.78, 5) is 120. The highest BCUT2D eigenvalue weighted by Crippen LogP contribution is 2.44. The molecule has 86 heavy (non-hydrogen) atoms. The van der Waals surface area contributed by atoms with Gasteiger partial charge in [-0.15, -0.1) is 11.8 Å². The molecule has 9 atom stereocenters. The van der Waals surface area contributed by atoms with Crippen LogP contribution in [0.2, 0.25) is 0 Å². The van der Waals surface area contributed by atoms with Crippen molar-refractivity contribution in [3.8, 4) is 5.75 Å². The van der Waals surface area contributed by atoms with Crippen LogP contribution in [0.25, 0.3) is 0 Å². The highest BCUT2D eigenvalue weighted by Gasteiger charge is 2.43. The van der Waals surface area contributed by atoms with Crippen molar-refractivity contribution in [1.29, 1.82) is 0 Å². The standard InChI is InChI=1S/C62H95N7O15S2/c1-34-35(2)54(36(3)53-44(34)30-62(16,17)84-53)86(78,79)69-58(64)65-25-21-24-45-47(70)26-41(57(77)80-31-40-22-19-18-20-23-40)27-51(74)66-46(32-85-33-50(63)73)48(71)28-42(37(4)81-59(7,8)9)56(76)68-52(39(6)83-61(13,14)15)49(72)29-43(55(75)67-45)38(5)82-60(10,11)12/h18-20,22-23,37-39,41-43,45-46,52H,21,24-33H2,1-17H3,(H2,63,73)(H,66,74)(H,67,75)(H,68,76)(H3,64,65,69)/t37-,38-,39-,41+,42+,43+,45+,46+,52+/m1/s1. The monoisotopic (exact) mass is 1240 g/mol. The van der Waals surface area contributed by atoms with E-state index in [-0.39, 0.29) is 42.4 Å². The first kappa shape index (κ1) is 72.5. The van der Waals surface area contributed by atoms with E-state index in [0.29, 0.717) is 28.9 Å². The van der Waals surface area contributed by atoms with Gasteiger partial charge in [0.05, 0.1) is 75.6 Å². The van der Waals surface area contributed by atoms with Crippen LogP contribution in [0.5, 0.6) is 5.75 Å². The highest BCUT2D eigenvalue weighted by atomic mass is 32.2. The number of rotatable bonds is 19. The number of amides is 4. The zero-order chi connectivity index (χ0) is 65.0. The molecule has 0 unspecified atom stereocenters. The zero-order valence-corrected chi connectivity index (χ0v) is 55.0. The Morgan fingerprint density at radius 1 is 0.733 bits per heavy atom. The van der Waals surface area contributed by atoms with Crippen LogP contribution in [-0.2, 0) is 80.4 Å². The number of hydrogen-bond acceptors (Lipinski definition) is 17. The molecular formula is C62H95N7O15S2. The number of hydrogen-bond donors (Lipinski definition) is 6. The molecule has 4 amide bonds. The van der Waals surface area contributed by atoms with Gasteiger partial charge in [-0.25, -0.2) is 13.1 Å². The molecule has 24 heteroatoms. The highest BCUT2D eigenvalue weighted by molar-refractivity contribution is 8.00. The van der Waals surface area contributed by atoms with Crippen molar-refractivity contribution in [2.45, 2.75) is 233 Å². The number of thioether (sulfide) groups is 1. The van der Waals surface area contributed by atoms with Gasteiger partial charge < -0.3 is 51.1 Å². The third-order valence-corrected chi connectivity index (χ3v) is 17.2. The Hall–Kier alpha value is -5.95. The molecule has 22 nitrogen and oxygen atoms in total. The lowest BCUT2D eigenvalue weighted by atomic mass is 9.89. The molecule has 480 valence electrons. The number of fused-ring (bicyclic) bond motifs is 1. The van der Waals surface area contributed by atoms with E-state index < -0.39 is 165 Å². The Labute approximate surface area is 512 Å². The van der Waals surface area contributed by atoms with Crippen LogP contribution in [0.3, 0.4) is 0 Å². The third-order valence-electron chi connectivity index (χ3n) is 14.5. The van der Waals surface area contributed by atoms with Gasteiger partial charge >= 0.3 is 5.97 Å². The van der Waals surface area contributed by atoms with E-state index in [1.807, 2.05) is 20.8 Å². The van der Waals surface area contributed by atoms with Gasteiger partial charge in [-0.05, 0) is 147 Å². The van der Waals surface area contributed by atoms with E-state index in [1.54, 1.807) is 127 Å². The smallest absolute Gasteiger partial charge is 0.310 e. The number of nitrogens with zero attached hydrogens (tertiary/aromatic N) is 1. The number of nitrogens with two attached hydrogens (primary N) is 2. The summed E-state index contributed by atoms with van der Waals surface area (Å²) >= 11 is 0.945. The van der Waals surface area contributed by atoms with Gasteiger partial charge in [0.1, 0.15) is 24.0 Å². The minimum Gasteiger partial charge on any atom is -0.487 e. The van der Waals surface area contributed by atoms with Crippen molar-refractivity contribution in [2.75, 3.05) is 18.1 Å². The summed E-state index contributed by atoms with van der Waals surface area (Å²) in [7, 11) is -4.33. The van der Waals surface area contributed by atoms with E-state index in [1.165, 1.54) is 0 Å². The molecule has 0 radical (unpaired) electrons. The topological polar surface area (TPSA) is 329 Å². The van der Waals surface area contributed by atoms with Crippen LogP contribution in [0.15, 0.2) is 40.2 Å². The van der Waals surface area contributed by atoms with E-state index in [4.69, 9.17) is 35.2 Å². The number of benzene rings is 2. The van der Waals surface area contributed by atoms with Crippen molar-refractivity contribution >= 4 is 74.7 Å². The van der Waals surface area contributed by atoms with Crippen molar-refractivity contribution < 1.29 is 70.5 Å². The van der Waals surface area contributed by atoms with E-state index in [0.717, 1.165) is 22.9 Å². The van der Waals surface area contributed by atoms with Gasteiger partial charge in [-0.3, -0.25) is 43.3 Å². The maximum Gasteiger partial charge on any atom is 0.310 e. The van der Waals surface area contributed by atoms with Gasteiger partial charge in [-0.1, -0.05) is 30.3 Å². The number of nitrogens with one attached hydrogen (secondary N) is 4. The molecule has 0 aromatic heterocycles. The van der Waals surface area contributed by atoms with Gasteiger partial charge in [0.25, 0.3) is 10.0 Å². The molecule has 2 aliphatic rings. The Morgan fingerprint density at radius 3 is 1.83 bits per heavy atom. The first-order chi connectivity index (χ1) is 39.6. The maximum atomic E-state index is 15.1. The second kappa shape index (κ2) is 30.3. The maximum absolute atomic E-state index is 15.1. The number of ketones is 3. The van der Waals surface area contributed by atoms with Crippen molar-refractivity contribution in [1.82, 2.24) is 20.7 Å². The van der Waals surface area contributed by atoms with Gasteiger partial charge in [-0.2, -0.15) is 0 Å². The lowest BCUT2D eigenvalue weighted by Gasteiger charge is -2.35. The molecule has 0 bridgehead atoms. The fourth-order valence-electron chi connectivity index (χ4n) is 10.7. The number of aliphatic imine (C=N–C) groups is 1. The quantitative estimate of drug-likeness (QED) is 0.0415. The largest absolute Gasteiger partial charge is 0.487 e. The summed E-state index contributed by atoms with van der Waals surface area (Å²) in [6.07, 6.45) is -5.14. The summed E-state index contributed by atoms with van der Waals surface area (Å²) in [5.41, 5.74) is 11.8. The van der Waals surface area contributed by atoms with Crippen LogP contribution >= 0.6 is 11.8 Å². The predicted molar refractivity (Wildman–Crippen MR) is 329 cm³/mol. The molecule has 2 aromatic rings. The van der Waals surface area contributed by atoms with E-state index in [9.17, 15) is 37.2 Å². The number of Topliss-reactive ketones (excluding diaryl/α,β-unsaturated/α-hetero) is 3. The van der Waals surface area contributed by atoms with Gasteiger partial charge in [0, 0.05) is 55.5 Å². The van der Waals surface area contributed by atoms with Crippen molar-refractivity contribution in [3.63, 3.8) is 0 Å². The number of ether oxygens (including phenoxy) is 5. The molecule has 0 spiro atoms. The molecule has 2 heterocycles. The Morgan fingerprint density at radius 2 is 1.27 bits per heavy atom. The zero-order valence-electron chi connectivity index (χ0n) is 53.4. The minimum absolute atomic E-state index is 0.00704. The fraction of sp³-hybridized carbons (Fsp3) is 0.661. The SMILES string of the molecule is Cc1c(C)c(S(=O)(=O)NC(N)=NCCC[C@@H]2NC(=O)[C@H]([C@@H](C)OC(C)(C)C)CC(=O)[C@H]([C@@H](C)OC(C)(C)C)NC(=O)[C@H]([C@@H](C)OC(C)(C)C)CC(=O)[C@H](CSCC(N)=O)NC(=O)C[C@@H](C(=O)OCc3ccccc3)CC2=O)c(C)c2c1CC(C)(C)O2. The molecular weight excluding hydrogens is 1150 g/mol. The molecule has 2 aromatic carbocycles. The summed E-state index contributed by atoms with van der Waals surface area (Å²) in [5, 5.41) is 8.34. The number of sulfonamides is 1. The number of guanidine groups is 1. The summed E-state index contributed by atoms with van der Waals surface area (Å²) in [6, 6.07) is 4.38. The summed E-state index contributed by atoms with van der Waals surface area (Å²) < 4.78 is 61.3. The Balaban J connectivity index is 1.86. The second-order valence-electron chi connectivity index (χ2n) is 26.2. The third kappa shape index (κ3) is 22.3. The number of carbonyl (C=O) groups is 8. The lowest BCUT2D eigenvalue weighted by molar-refractivity contribution is -0.153. The first-order valence-corrected chi connectivity index (χ1v) is 31.9. The van der Waals surface area contributed by atoms with E-state index >= 15 is 9.59 Å². The predicted octanol–water partition coefficient (Wildman–Crippen LogP) is 5.86. The number of carbonyl (C=O) groups excluding carboxylic acids is 8. The lowest BCUT2D eigenvalue weighted by Crippen LogP contribution is -2.55. The Kier molecular flexibility index (Phi) is 25.6. The van der Waals surface area contributed by atoms with Crippen LogP contribution < -0.4 is 36.9 Å². The van der Waals surface area contributed by atoms with E-state index in [2.05, 4.69) is 25.7 Å². The van der Waals surface area contributed by atoms with Gasteiger partial charge in [0.2, 0.25) is 29.6 Å². The van der Waals surface area contributed by atoms with Crippen molar-refractivity contribution in [2.24, 2.45) is 34.2 Å². The number of primary amides is 1. The van der Waals surface area contributed by atoms with Crippen LogP contribution in [0.1, 0.15) is 163 Å². The molecule has 2 aliphatic heterocycles. The van der Waals surface area contributed by atoms with Crippen LogP contribution in [-0.4, -0.2) is 138 Å². The average molecular weight is 1240 g/mol. The van der Waals surface area contributed by atoms with Crippen molar-refractivity contribution in [3.05, 3.63) is 58.1 Å². The minimum atomic E-state index is -4.33. The molecule has 1 saturated heterocycles. The molecule has 0 aliphatic carbocycles. The molecule has 1 fully saturated rings. The van der Waals surface area contributed by atoms with Crippen LogP contribution in [0, 0.1) is 38.5 Å². The van der Waals surface area contributed by atoms with Crippen LogP contribution in [0.4, 0.5) is 0 Å². The normalized spacial score (nSPS) is 22.8. The molecule has 8 N–H and O–H groups in total.